The molecule has 0 fully saturated rings. The Hall–Kier alpha value is -1.63. The van der Waals surface area contributed by atoms with Crippen LogP contribution >= 0.6 is 0 Å². The van der Waals surface area contributed by atoms with Crippen molar-refractivity contribution in [1.29, 1.82) is 0 Å². The summed E-state index contributed by atoms with van der Waals surface area (Å²) in [5.74, 6) is 1.01. The average molecular weight is 255 g/mol. The maximum Gasteiger partial charge on any atom is 0.322 e. The summed E-state index contributed by atoms with van der Waals surface area (Å²) in [6, 6.07) is 0.238. The van der Waals surface area contributed by atoms with E-state index in [0.29, 0.717) is 25.0 Å². The van der Waals surface area contributed by atoms with Crippen LogP contribution in [-0.4, -0.2) is 46.4 Å². The Bertz CT molecular complexity index is 372. The van der Waals surface area contributed by atoms with Crippen molar-refractivity contribution in [3.05, 3.63) is 0 Å². The van der Waals surface area contributed by atoms with Crippen LogP contribution in [-0.2, 0) is 0 Å². The number of anilines is 2. The van der Waals surface area contributed by atoms with Gasteiger partial charge in [0.25, 0.3) is 0 Å². The highest BCUT2D eigenvalue weighted by atomic mass is 16.5. The third-order valence-corrected chi connectivity index (χ3v) is 2.37. The quantitative estimate of drug-likeness (QED) is 0.661. The van der Waals surface area contributed by atoms with Crippen molar-refractivity contribution < 1.29 is 9.84 Å². The van der Waals surface area contributed by atoms with Crippen LogP contribution in [0.3, 0.4) is 0 Å². The molecule has 7 heteroatoms. The van der Waals surface area contributed by atoms with Gasteiger partial charge in [-0.3, -0.25) is 0 Å². The zero-order chi connectivity index (χ0) is 13.5. The second-order valence-corrected chi connectivity index (χ2v) is 4.19. The van der Waals surface area contributed by atoms with Crippen molar-refractivity contribution in [2.24, 2.45) is 5.92 Å². The Labute approximate surface area is 107 Å². The molecule has 0 saturated heterocycles. The summed E-state index contributed by atoms with van der Waals surface area (Å²) in [4.78, 5) is 12.3. The van der Waals surface area contributed by atoms with Gasteiger partial charge in [0, 0.05) is 13.1 Å². The normalized spacial score (nSPS) is 12.3. The first-order valence-electron chi connectivity index (χ1n) is 6.02. The highest BCUT2D eigenvalue weighted by molar-refractivity contribution is 5.35. The van der Waals surface area contributed by atoms with Gasteiger partial charge in [0.15, 0.2) is 0 Å². The van der Waals surface area contributed by atoms with E-state index in [2.05, 4.69) is 25.6 Å². The molecule has 0 aromatic carbocycles. The van der Waals surface area contributed by atoms with Crippen LogP contribution in [0.1, 0.15) is 20.8 Å². The third kappa shape index (κ3) is 4.33. The van der Waals surface area contributed by atoms with Gasteiger partial charge in [-0.05, 0) is 12.8 Å². The van der Waals surface area contributed by atoms with E-state index in [1.807, 2.05) is 20.8 Å². The molecule has 0 radical (unpaired) electrons. The molecule has 0 saturated carbocycles. The van der Waals surface area contributed by atoms with Gasteiger partial charge in [0.1, 0.15) is 0 Å². The van der Waals surface area contributed by atoms with Crippen molar-refractivity contribution in [3.8, 4) is 6.01 Å². The van der Waals surface area contributed by atoms with Crippen LogP contribution in [0.2, 0.25) is 0 Å². The van der Waals surface area contributed by atoms with E-state index in [1.165, 1.54) is 7.11 Å². The first-order valence-corrected chi connectivity index (χ1v) is 6.02. The zero-order valence-electron chi connectivity index (χ0n) is 11.3. The second kappa shape index (κ2) is 6.95. The Morgan fingerprint density at radius 1 is 1.17 bits per heavy atom. The maximum atomic E-state index is 9.71. The fourth-order valence-corrected chi connectivity index (χ4v) is 1.20. The standard InChI is InChI=1S/C11H21N5O2/c1-5-12-9-14-10(16-11(15-9)18-4)13-6-8(17)7(2)3/h7-8,17H,5-6H2,1-4H3,(H2,12,13,14,15,16). The van der Waals surface area contributed by atoms with E-state index < -0.39 is 6.10 Å². The molecule has 0 spiro atoms. The van der Waals surface area contributed by atoms with Gasteiger partial charge in [-0.2, -0.15) is 15.0 Å². The summed E-state index contributed by atoms with van der Waals surface area (Å²) < 4.78 is 4.99. The molecule has 7 nitrogen and oxygen atoms in total. The van der Waals surface area contributed by atoms with Gasteiger partial charge in [0.05, 0.1) is 13.2 Å². The van der Waals surface area contributed by atoms with Crippen LogP contribution in [0.4, 0.5) is 11.9 Å². The van der Waals surface area contributed by atoms with Crippen LogP contribution in [0.25, 0.3) is 0 Å². The molecule has 0 aliphatic carbocycles. The highest BCUT2D eigenvalue weighted by Gasteiger charge is 2.11. The van der Waals surface area contributed by atoms with E-state index >= 15 is 0 Å². The molecule has 1 rings (SSSR count). The number of nitrogens with zero attached hydrogens (tertiary/aromatic N) is 3. The number of nitrogens with one attached hydrogen (secondary N) is 2. The minimum atomic E-state index is -0.449. The van der Waals surface area contributed by atoms with E-state index in [1.54, 1.807) is 0 Å². The monoisotopic (exact) mass is 255 g/mol. The first-order chi connectivity index (χ1) is 8.56. The van der Waals surface area contributed by atoms with E-state index in [4.69, 9.17) is 4.74 Å². The molecule has 1 heterocycles. The summed E-state index contributed by atoms with van der Waals surface area (Å²) in [5, 5.41) is 15.7. The van der Waals surface area contributed by atoms with Crippen LogP contribution in [0.5, 0.6) is 6.01 Å². The van der Waals surface area contributed by atoms with Crippen molar-refractivity contribution in [2.45, 2.75) is 26.9 Å². The summed E-state index contributed by atoms with van der Waals surface area (Å²) in [7, 11) is 1.50. The number of ether oxygens (including phenoxy) is 1. The van der Waals surface area contributed by atoms with Crippen molar-refractivity contribution in [2.75, 3.05) is 30.8 Å². The molecular formula is C11H21N5O2. The number of rotatable bonds is 7. The first kappa shape index (κ1) is 14.4. The fraction of sp³-hybridized carbons (Fsp3) is 0.727. The molecule has 0 amide bonds. The molecule has 0 aliphatic heterocycles. The lowest BCUT2D eigenvalue weighted by Gasteiger charge is -2.15. The minimum absolute atomic E-state index is 0.175. The molecule has 3 N–H and O–H groups in total. The van der Waals surface area contributed by atoms with Gasteiger partial charge in [-0.1, -0.05) is 13.8 Å². The van der Waals surface area contributed by atoms with Gasteiger partial charge >= 0.3 is 6.01 Å². The summed E-state index contributed by atoms with van der Waals surface area (Å²) in [6.07, 6.45) is -0.449. The maximum absolute atomic E-state index is 9.71. The Kier molecular flexibility index (Phi) is 5.57. The molecule has 1 atom stereocenters. The fourth-order valence-electron chi connectivity index (χ4n) is 1.20. The van der Waals surface area contributed by atoms with Crippen molar-refractivity contribution >= 4 is 11.9 Å². The van der Waals surface area contributed by atoms with Gasteiger partial charge in [-0.25, -0.2) is 0 Å². The molecule has 1 unspecified atom stereocenters. The number of hydrogen-bond acceptors (Lipinski definition) is 7. The molecular weight excluding hydrogens is 234 g/mol. The lowest BCUT2D eigenvalue weighted by molar-refractivity contribution is 0.137. The van der Waals surface area contributed by atoms with Crippen LogP contribution in [0, 0.1) is 5.92 Å². The Balaban J connectivity index is 2.71. The molecule has 0 bridgehead atoms. The van der Waals surface area contributed by atoms with Crippen molar-refractivity contribution in [1.82, 2.24) is 15.0 Å². The summed E-state index contributed by atoms with van der Waals surface area (Å²) in [6.45, 7) is 6.94. The Morgan fingerprint density at radius 3 is 2.28 bits per heavy atom. The van der Waals surface area contributed by atoms with E-state index in [-0.39, 0.29) is 11.9 Å². The van der Waals surface area contributed by atoms with Gasteiger partial charge in [-0.15, -0.1) is 0 Å². The number of aliphatic hydroxyl groups is 1. The smallest absolute Gasteiger partial charge is 0.322 e. The lowest BCUT2D eigenvalue weighted by Crippen LogP contribution is -2.25. The molecule has 0 aliphatic rings. The van der Waals surface area contributed by atoms with Crippen LogP contribution in [0.15, 0.2) is 0 Å². The SMILES string of the molecule is CCNc1nc(NCC(O)C(C)C)nc(OC)n1. The van der Waals surface area contributed by atoms with Gasteiger partial charge < -0.3 is 20.5 Å². The zero-order valence-corrected chi connectivity index (χ0v) is 11.3. The summed E-state index contributed by atoms with van der Waals surface area (Å²) in [5.41, 5.74) is 0. The predicted molar refractivity (Wildman–Crippen MR) is 69.9 cm³/mol. The number of aromatic nitrogens is 3. The second-order valence-electron chi connectivity index (χ2n) is 4.19. The molecule has 1 aromatic heterocycles. The topological polar surface area (TPSA) is 92.2 Å². The molecule has 18 heavy (non-hydrogen) atoms. The van der Waals surface area contributed by atoms with E-state index in [9.17, 15) is 5.11 Å². The average Bonchev–Trinajstić information content (AvgIpc) is 2.35. The Morgan fingerprint density at radius 2 is 1.78 bits per heavy atom. The van der Waals surface area contributed by atoms with Crippen LogP contribution < -0.4 is 15.4 Å². The van der Waals surface area contributed by atoms with E-state index in [0.717, 1.165) is 0 Å². The summed E-state index contributed by atoms with van der Waals surface area (Å²) >= 11 is 0. The number of methoxy groups -OCH3 is 1. The minimum Gasteiger partial charge on any atom is -0.467 e. The lowest BCUT2D eigenvalue weighted by atomic mass is 10.1. The predicted octanol–water partition coefficient (Wildman–Crippen LogP) is 0.741. The number of hydrogen-bond donors (Lipinski definition) is 3. The van der Waals surface area contributed by atoms with Crippen molar-refractivity contribution in [3.63, 3.8) is 0 Å². The highest BCUT2D eigenvalue weighted by Crippen LogP contribution is 2.11. The van der Waals surface area contributed by atoms with Gasteiger partial charge in [0.2, 0.25) is 11.9 Å². The largest absolute Gasteiger partial charge is 0.467 e. The third-order valence-electron chi connectivity index (χ3n) is 2.37. The molecule has 102 valence electrons. The molecule has 1 aromatic rings. The number of aliphatic hydroxyl groups excluding tert-OH is 1.